The minimum Gasteiger partial charge on any atom is -0.345 e. The van der Waals surface area contributed by atoms with Gasteiger partial charge in [-0.15, -0.1) is 0 Å². The van der Waals surface area contributed by atoms with E-state index in [0.29, 0.717) is 12.5 Å². The predicted octanol–water partition coefficient (Wildman–Crippen LogP) is 1.46. The topological polar surface area (TPSA) is 57.9 Å². The summed E-state index contributed by atoms with van der Waals surface area (Å²) in [6.45, 7) is 7.42. The zero-order valence-electron chi connectivity index (χ0n) is 11.2. The smallest absolute Gasteiger partial charge is 0.111 e. The number of nitrogens with two attached hydrogens (primary N) is 1. The fourth-order valence-corrected chi connectivity index (χ4v) is 2.55. The van der Waals surface area contributed by atoms with Crippen LogP contribution in [0.1, 0.15) is 44.1 Å². The molecule has 4 nitrogen and oxygen atoms in total. The molecule has 1 aromatic heterocycles. The van der Waals surface area contributed by atoms with E-state index in [1.807, 2.05) is 6.20 Å². The summed E-state index contributed by atoms with van der Waals surface area (Å²) in [5, 5.41) is 0. The van der Waals surface area contributed by atoms with E-state index in [0.717, 1.165) is 18.8 Å². The van der Waals surface area contributed by atoms with Crippen molar-refractivity contribution < 1.29 is 0 Å². The number of imidazole rings is 1. The van der Waals surface area contributed by atoms with Crippen molar-refractivity contribution in [2.45, 2.75) is 38.0 Å². The van der Waals surface area contributed by atoms with Crippen molar-refractivity contribution >= 4 is 0 Å². The number of likely N-dealkylation sites (tertiary alicyclic amines) is 1. The normalized spacial score (nSPS) is 22.2. The summed E-state index contributed by atoms with van der Waals surface area (Å²) in [6.07, 6.45) is 4.21. The predicted molar refractivity (Wildman–Crippen MR) is 70.1 cm³/mol. The van der Waals surface area contributed by atoms with Gasteiger partial charge >= 0.3 is 0 Å². The number of likely N-dealkylation sites (N-methyl/N-ethyl adjacent to an activating group) is 1. The number of hydrogen-bond donors (Lipinski definition) is 2. The maximum Gasteiger partial charge on any atom is 0.111 e. The molecule has 0 radical (unpaired) electrons. The Morgan fingerprint density at radius 3 is 2.94 bits per heavy atom. The van der Waals surface area contributed by atoms with Gasteiger partial charge in [0.05, 0.1) is 0 Å². The summed E-state index contributed by atoms with van der Waals surface area (Å²) in [4.78, 5) is 10.4. The van der Waals surface area contributed by atoms with Gasteiger partial charge in [0.2, 0.25) is 0 Å². The van der Waals surface area contributed by atoms with Gasteiger partial charge in [0.15, 0.2) is 0 Å². The molecular formula is C13H24N4. The third kappa shape index (κ3) is 2.69. The van der Waals surface area contributed by atoms with Crippen molar-refractivity contribution in [3.05, 3.63) is 17.7 Å². The van der Waals surface area contributed by atoms with E-state index in [1.165, 1.54) is 18.7 Å². The molecule has 1 aliphatic rings. The highest BCUT2D eigenvalue weighted by atomic mass is 15.1. The minimum atomic E-state index is 0.0531. The fraction of sp³-hybridized carbons (Fsp3) is 0.769. The Labute approximate surface area is 104 Å². The van der Waals surface area contributed by atoms with Gasteiger partial charge in [0, 0.05) is 29.8 Å². The van der Waals surface area contributed by atoms with Crippen LogP contribution < -0.4 is 5.73 Å². The lowest BCUT2D eigenvalue weighted by Gasteiger charge is -2.21. The summed E-state index contributed by atoms with van der Waals surface area (Å²) in [6, 6.07) is 0. The first-order valence-electron chi connectivity index (χ1n) is 6.47. The molecule has 2 heterocycles. The van der Waals surface area contributed by atoms with Crippen molar-refractivity contribution in [3.63, 3.8) is 0 Å². The Morgan fingerprint density at radius 1 is 1.59 bits per heavy atom. The quantitative estimate of drug-likeness (QED) is 0.832. The van der Waals surface area contributed by atoms with Crippen molar-refractivity contribution in [3.8, 4) is 0 Å². The van der Waals surface area contributed by atoms with Gasteiger partial charge < -0.3 is 15.6 Å². The molecule has 0 bridgehead atoms. The molecule has 96 valence electrons. The van der Waals surface area contributed by atoms with Gasteiger partial charge in [-0.1, -0.05) is 13.8 Å². The lowest BCUT2D eigenvalue weighted by atomic mass is 9.88. The fourth-order valence-electron chi connectivity index (χ4n) is 2.55. The van der Waals surface area contributed by atoms with Crippen LogP contribution in [0.15, 0.2) is 6.20 Å². The van der Waals surface area contributed by atoms with Crippen molar-refractivity contribution in [1.82, 2.24) is 14.9 Å². The molecule has 1 unspecified atom stereocenters. The molecule has 1 saturated heterocycles. The second kappa shape index (κ2) is 4.78. The highest BCUT2D eigenvalue weighted by Crippen LogP contribution is 2.28. The lowest BCUT2D eigenvalue weighted by molar-refractivity contribution is 0.410. The standard InChI is InChI=1S/C13H24N4/c1-13(2,5-6-14)12-15-8-11(16-12)10-4-7-17(3)9-10/h8,10H,4-7,9,14H2,1-3H3,(H,15,16). The zero-order chi connectivity index (χ0) is 12.5. The number of H-pyrrole nitrogens is 1. The van der Waals surface area contributed by atoms with E-state index in [4.69, 9.17) is 5.73 Å². The molecule has 4 heteroatoms. The van der Waals surface area contributed by atoms with E-state index in [-0.39, 0.29) is 5.41 Å². The molecule has 3 N–H and O–H groups in total. The monoisotopic (exact) mass is 236 g/mol. The largest absolute Gasteiger partial charge is 0.345 e. The molecule has 0 saturated carbocycles. The van der Waals surface area contributed by atoms with Crippen LogP contribution in [0.4, 0.5) is 0 Å². The van der Waals surface area contributed by atoms with Gasteiger partial charge in [0.1, 0.15) is 5.82 Å². The van der Waals surface area contributed by atoms with Crippen LogP contribution in [0.25, 0.3) is 0 Å². The molecule has 0 aromatic carbocycles. The van der Waals surface area contributed by atoms with Gasteiger partial charge in [-0.3, -0.25) is 0 Å². The van der Waals surface area contributed by atoms with E-state index in [9.17, 15) is 0 Å². The van der Waals surface area contributed by atoms with Gasteiger partial charge in [-0.25, -0.2) is 4.98 Å². The number of nitrogens with one attached hydrogen (secondary N) is 1. The summed E-state index contributed by atoms with van der Waals surface area (Å²) in [5.74, 6) is 1.70. The molecular weight excluding hydrogens is 212 g/mol. The van der Waals surface area contributed by atoms with E-state index >= 15 is 0 Å². The van der Waals surface area contributed by atoms with Crippen molar-refractivity contribution in [1.29, 1.82) is 0 Å². The third-order valence-electron chi connectivity index (χ3n) is 3.84. The summed E-state index contributed by atoms with van der Waals surface area (Å²) in [5.41, 5.74) is 6.99. The van der Waals surface area contributed by atoms with E-state index in [2.05, 4.69) is 35.8 Å². The van der Waals surface area contributed by atoms with Crippen LogP contribution in [-0.2, 0) is 5.41 Å². The lowest BCUT2D eigenvalue weighted by Crippen LogP contribution is -2.23. The van der Waals surface area contributed by atoms with Gasteiger partial charge in [-0.2, -0.15) is 0 Å². The number of aromatic amines is 1. The maximum absolute atomic E-state index is 5.65. The molecule has 1 aliphatic heterocycles. The Balaban J connectivity index is 2.10. The first kappa shape index (κ1) is 12.6. The van der Waals surface area contributed by atoms with Crippen LogP contribution in [0.5, 0.6) is 0 Å². The van der Waals surface area contributed by atoms with Crippen LogP contribution >= 0.6 is 0 Å². The average Bonchev–Trinajstić information content (AvgIpc) is 2.85. The molecule has 0 aliphatic carbocycles. The molecule has 0 spiro atoms. The Morgan fingerprint density at radius 2 is 2.35 bits per heavy atom. The van der Waals surface area contributed by atoms with E-state index < -0.39 is 0 Å². The van der Waals surface area contributed by atoms with Crippen LogP contribution in [0, 0.1) is 0 Å². The molecule has 1 atom stereocenters. The SMILES string of the molecule is CN1CCC(c2cnc(C(C)(C)CCN)[nH]2)C1. The highest BCUT2D eigenvalue weighted by Gasteiger charge is 2.27. The van der Waals surface area contributed by atoms with Crippen molar-refractivity contribution in [2.75, 3.05) is 26.7 Å². The summed E-state index contributed by atoms with van der Waals surface area (Å²) < 4.78 is 0. The van der Waals surface area contributed by atoms with Crippen LogP contribution in [0.3, 0.4) is 0 Å². The minimum absolute atomic E-state index is 0.0531. The highest BCUT2D eigenvalue weighted by molar-refractivity contribution is 5.15. The summed E-state index contributed by atoms with van der Waals surface area (Å²) >= 11 is 0. The average molecular weight is 236 g/mol. The number of nitrogens with zero attached hydrogens (tertiary/aromatic N) is 2. The Kier molecular flexibility index (Phi) is 3.54. The maximum atomic E-state index is 5.65. The Hall–Kier alpha value is -0.870. The first-order valence-corrected chi connectivity index (χ1v) is 6.47. The number of aromatic nitrogens is 2. The van der Waals surface area contributed by atoms with Gasteiger partial charge in [0.25, 0.3) is 0 Å². The molecule has 1 fully saturated rings. The molecule has 17 heavy (non-hydrogen) atoms. The zero-order valence-corrected chi connectivity index (χ0v) is 11.2. The molecule has 1 aromatic rings. The Bertz CT molecular complexity index is 369. The number of hydrogen-bond acceptors (Lipinski definition) is 3. The third-order valence-corrected chi connectivity index (χ3v) is 3.84. The van der Waals surface area contributed by atoms with Gasteiger partial charge in [-0.05, 0) is 33.0 Å². The first-order chi connectivity index (χ1) is 8.03. The molecule has 2 rings (SSSR count). The summed E-state index contributed by atoms with van der Waals surface area (Å²) in [7, 11) is 2.18. The molecule has 0 amide bonds. The second-order valence-corrected chi connectivity index (χ2v) is 5.86. The van der Waals surface area contributed by atoms with E-state index in [1.54, 1.807) is 0 Å². The van der Waals surface area contributed by atoms with Crippen molar-refractivity contribution in [2.24, 2.45) is 5.73 Å². The van der Waals surface area contributed by atoms with Crippen LogP contribution in [-0.4, -0.2) is 41.5 Å². The van der Waals surface area contributed by atoms with Crippen LogP contribution in [0.2, 0.25) is 0 Å². The number of rotatable bonds is 4. The second-order valence-electron chi connectivity index (χ2n) is 5.86.